The molecule has 1 rings (SSSR count). The van der Waals surface area contributed by atoms with Crippen LogP contribution in [0.15, 0.2) is 29.2 Å². The van der Waals surface area contributed by atoms with Crippen LogP contribution in [-0.4, -0.2) is 13.7 Å². The van der Waals surface area contributed by atoms with E-state index in [1.54, 1.807) is 0 Å². The Labute approximate surface area is 91.1 Å². The molecule has 0 unspecified atom stereocenters. The van der Waals surface area contributed by atoms with Gasteiger partial charge in [0.05, 0.1) is 6.54 Å². The zero-order valence-electron chi connectivity index (χ0n) is 9.29. The summed E-state index contributed by atoms with van der Waals surface area (Å²) >= 11 is 0. The van der Waals surface area contributed by atoms with Gasteiger partial charge in [0.15, 0.2) is 0 Å². The molecule has 0 aliphatic rings. The lowest BCUT2D eigenvalue weighted by Gasteiger charge is -2.00. The largest absolute Gasteiger partial charge is 0.462 e. The van der Waals surface area contributed by atoms with Crippen molar-refractivity contribution in [2.75, 3.05) is 13.7 Å². The number of furan rings is 1. The highest BCUT2D eigenvalue weighted by molar-refractivity contribution is 5.06. The van der Waals surface area contributed by atoms with Gasteiger partial charge in [0, 0.05) is 6.61 Å². The number of nitrogens with one attached hydrogen (secondary N) is 1. The molecule has 0 aromatic carbocycles. The van der Waals surface area contributed by atoms with E-state index in [0.29, 0.717) is 6.61 Å². The summed E-state index contributed by atoms with van der Waals surface area (Å²) in [6, 6.07) is 3.93. The highest BCUT2D eigenvalue weighted by atomic mass is 16.5. The summed E-state index contributed by atoms with van der Waals surface area (Å²) in [4.78, 5) is 0. The lowest BCUT2D eigenvalue weighted by atomic mass is 10.3. The third-order valence-corrected chi connectivity index (χ3v) is 2.01. The van der Waals surface area contributed by atoms with Crippen LogP contribution < -0.4 is 5.32 Å². The van der Waals surface area contributed by atoms with E-state index in [2.05, 4.69) is 11.9 Å². The fourth-order valence-electron chi connectivity index (χ4n) is 1.27. The average Bonchev–Trinajstić information content (AvgIpc) is 2.66. The van der Waals surface area contributed by atoms with Crippen LogP contribution in [0.1, 0.15) is 24.4 Å². The summed E-state index contributed by atoms with van der Waals surface area (Å²) < 4.78 is 11.0. The van der Waals surface area contributed by atoms with E-state index >= 15 is 0 Å². The molecular formula is C12H19NO2. The normalized spacial score (nSPS) is 10.5. The number of rotatable bonds is 8. The third kappa shape index (κ3) is 4.81. The highest BCUT2D eigenvalue weighted by Gasteiger charge is 2.00. The first-order chi connectivity index (χ1) is 7.36. The van der Waals surface area contributed by atoms with Gasteiger partial charge in [-0.25, -0.2) is 0 Å². The molecule has 0 fully saturated rings. The van der Waals surface area contributed by atoms with Crippen molar-refractivity contribution in [1.29, 1.82) is 0 Å². The highest BCUT2D eigenvalue weighted by Crippen LogP contribution is 2.09. The van der Waals surface area contributed by atoms with Crippen molar-refractivity contribution >= 4 is 0 Å². The monoisotopic (exact) mass is 209 g/mol. The quantitative estimate of drug-likeness (QED) is 0.527. The summed E-state index contributed by atoms with van der Waals surface area (Å²) in [5.74, 6) is 1.83. The molecule has 3 nitrogen and oxygen atoms in total. The lowest BCUT2D eigenvalue weighted by molar-refractivity contribution is 0.103. The summed E-state index contributed by atoms with van der Waals surface area (Å²) in [5.41, 5.74) is 0. The van der Waals surface area contributed by atoms with Crippen LogP contribution in [0.4, 0.5) is 0 Å². The van der Waals surface area contributed by atoms with E-state index in [9.17, 15) is 0 Å². The van der Waals surface area contributed by atoms with Gasteiger partial charge < -0.3 is 14.5 Å². The summed E-state index contributed by atoms with van der Waals surface area (Å²) in [5, 5.41) is 3.04. The van der Waals surface area contributed by atoms with Crippen LogP contribution in [0.2, 0.25) is 0 Å². The molecule has 1 N–H and O–H groups in total. The Bertz CT molecular complexity index is 281. The minimum atomic E-state index is 0.556. The van der Waals surface area contributed by atoms with Crippen molar-refractivity contribution in [3.63, 3.8) is 0 Å². The Morgan fingerprint density at radius 1 is 1.47 bits per heavy atom. The molecule has 0 spiro atoms. The average molecular weight is 209 g/mol. The minimum Gasteiger partial charge on any atom is -0.462 e. The molecule has 1 heterocycles. The number of allylic oxidation sites excluding steroid dienone is 1. The van der Waals surface area contributed by atoms with Crippen molar-refractivity contribution in [3.05, 3.63) is 36.3 Å². The molecule has 84 valence electrons. The Hall–Kier alpha value is -1.06. The molecule has 0 atom stereocenters. The van der Waals surface area contributed by atoms with Crippen LogP contribution in [0, 0.1) is 0 Å². The fourth-order valence-corrected chi connectivity index (χ4v) is 1.27. The molecule has 0 bridgehead atoms. The van der Waals surface area contributed by atoms with Crippen LogP contribution in [0.5, 0.6) is 0 Å². The number of ether oxygens (including phenoxy) is 1. The van der Waals surface area contributed by atoms with Gasteiger partial charge in [-0.15, -0.1) is 6.58 Å². The molecule has 0 radical (unpaired) electrons. The third-order valence-electron chi connectivity index (χ3n) is 2.01. The van der Waals surface area contributed by atoms with Crippen LogP contribution in [0.25, 0.3) is 0 Å². The topological polar surface area (TPSA) is 34.4 Å². The summed E-state index contributed by atoms with van der Waals surface area (Å²) in [6.45, 7) is 5.73. The van der Waals surface area contributed by atoms with Gasteiger partial charge in [-0.1, -0.05) is 6.08 Å². The predicted octanol–water partition coefficient (Wildman–Crippen LogP) is 2.48. The molecule has 1 aromatic heterocycles. The van der Waals surface area contributed by atoms with E-state index in [0.717, 1.165) is 37.5 Å². The smallest absolute Gasteiger partial charge is 0.129 e. The van der Waals surface area contributed by atoms with E-state index < -0.39 is 0 Å². The van der Waals surface area contributed by atoms with E-state index in [1.165, 1.54) is 0 Å². The second kappa shape index (κ2) is 7.26. The predicted molar refractivity (Wildman–Crippen MR) is 60.6 cm³/mol. The maximum atomic E-state index is 5.52. The maximum Gasteiger partial charge on any atom is 0.129 e. The van der Waals surface area contributed by atoms with Gasteiger partial charge in [0.25, 0.3) is 0 Å². The zero-order valence-corrected chi connectivity index (χ0v) is 9.29. The molecule has 0 aliphatic heterocycles. The first-order valence-corrected chi connectivity index (χ1v) is 5.27. The van der Waals surface area contributed by atoms with Crippen molar-refractivity contribution < 1.29 is 9.15 Å². The Kier molecular flexibility index (Phi) is 5.81. The zero-order chi connectivity index (χ0) is 10.9. The van der Waals surface area contributed by atoms with E-state index in [4.69, 9.17) is 9.15 Å². The molecule has 0 aliphatic carbocycles. The molecule has 3 heteroatoms. The minimum absolute atomic E-state index is 0.556. The fraction of sp³-hybridized carbons (Fsp3) is 0.500. The lowest BCUT2D eigenvalue weighted by Crippen LogP contribution is -2.03. The van der Waals surface area contributed by atoms with Crippen LogP contribution in [-0.2, 0) is 17.9 Å². The first kappa shape index (κ1) is 12.0. The van der Waals surface area contributed by atoms with Gasteiger partial charge in [-0.2, -0.15) is 0 Å². The number of hydrogen-bond acceptors (Lipinski definition) is 3. The summed E-state index contributed by atoms with van der Waals surface area (Å²) in [6.07, 6.45) is 3.93. The van der Waals surface area contributed by atoms with E-state index in [-0.39, 0.29) is 0 Å². The first-order valence-electron chi connectivity index (χ1n) is 5.27. The number of unbranched alkanes of at least 4 members (excludes halogenated alkanes) is 1. The van der Waals surface area contributed by atoms with Crippen LogP contribution in [0.3, 0.4) is 0 Å². The van der Waals surface area contributed by atoms with Gasteiger partial charge in [0.2, 0.25) is 0 Å². The Morgan fingerprint density at radius 2 is 2.27 bits per heavy atom. The second-order valence-corrected chi connectivity index (χ2v) is 3.38. The van der Waals surface area contributed by atoms with Gasteiger partial charge in [-0.3, -0.25) is 0 Å². The van der Waals surface area contributed by atoms with Crippen molar-refractivity contribution in [2.45, 2.75) is 26.0 Å². The Morgan fingerprint density at radius 3 is 3.00 bits per heavy atom. The van der Waals surface area contributed by atoms with Crippen molar-refractivity contribution in [3.8, 4) is 0 Å². The Balaban J connectivity index is 2.16. The van der Waals surface area contributed by atoms with Gasteiger partial charge in [0.1, 0.15) is 18.1 Å². The molecular weight excluding hydrogens is 190 g/mol. The van der Waals surface area contributed by atoms with Gasteiger partial charge >= 0.3 is 0 Å². The van der Waals surface area contributed by atoms with Crippen molar-refractivity contribution in [1.82, 2.24) is 5.32 Å². The standard InChI is InChI=1S/C12H19NO2/c1-3-4-5-8-14-10-12-7-6-11(15-12)9-13-2/h3,6-7,13H,1,4-5,8-10H2,2H3. The van der Waals surface area contributed by atoms with Crippen LogP contribution >= 0.6 is 0 Å². The molecule has 0 saturated carbocycles. The summed E-state index contributed by atoms with van der Waals surface area (Å²) in [7, 11) is 1.90. The SMILES string of the molecule is C=CCCCOCc1ccc(CNC)o1. The molecule has 0 amide bonds. The number of hydrogen-bond donors (Lipinski definition) is 1. The molecule has 1 aromatic rings. The van der Waals surface area contributed by atoms with Crippen molar-refractivity contribution in [2.24, 2.45) is 0 Å². The van der Waals surface area contributed by atoms with Gasteiger partial charge in [-0.05, 0) is 32.0 Å². The molecule has 15 heavy (non-hydrogen) atoms. The van der Waals surface area contributed by atoms with E-state index in [1.807, 2.05) is 25.3 Å². The maximum absolute atomic E-state index is 5.52. The second-order valence-electron chi connectivity index (χ2n) is 3.38. The molecule has 0 saturated heterocycles.